The molecule has 0 saturated carbocycles. The van der Waals surface area contributed by atoms with Gasteiger partial charge in [-0.2, -0.15) is 23.4 Å². The summed E-state index contributed by atoms with van der Waals surface area (Å²) in [7, 11) is 1.23. The third-order valence-corrected chi connectivity index (χ3v) is 3.56. The second-order valence-electron chi connectivity index (χ2n) is 5.11. The molecule has 3 rings (SSSR count). The monoisotopic (exact) mass is 301 g/mol. The van der Waals surface area contributed by atoms with Crippen LogP contribution >= 0.6 is 0 Å². The lowest BCUT2D eigenvalue weighted by atomic mass is 10.2. The molecule has 9 heteroatoms. The molecule has 1 aliphatic rings. The predicted octanol–water partition coefficient (Wildman–Crippen LogP) is 1.18. The molecular weight excluding hydrogens is 287 g/mol. The molecule has 0 aliphatic carbocycles. The van der Waals surface area contributed by atoms with E-state index in [1.807, 2.05) is 0 Å². The summed E-state index contributed by atoms with van der Waals surface area (Å²) in [4.78, 5) is 12.1. The van der Waals surface area contributed by atoms with Crippen molar-refractivity contribution in [1.29, 1.82) is 0 Å². The zero-order valence-electron chi connectivity index (χ0n) is 11.4. The molecule has 0 aromatic carbocycles. The number of alkyl halides is 3. The summed E-state index contributed by atoms with van der Waals surface area (Å²) < 4.78 is 41.7. The standard InChI is InChI=1S/C12H14F3N5O/c1-18-9(12(13,14)15)6-8(16-18)7-20-11(21)19-5-3-2-4-10(19)17-20/h6H,2-5,7H2,1H3. The van der Waals surface area contributed by atoms with Crippen molar-refractivity contribution in [3.05, 3.63) is 33.8 Å². The van der Waals surface area contributed by atoms with Crippen LogP contribution in [0.4, 0.5) is 13.2 Å². The van der Waals surface area contributed by atoms with Gasteiger partial charge in [0.15, 0.2) is 0 Å². The Kier molecular flexibility index (Phi) is 3.14. The smallest absolute Gasteiger partial charge is 0.279 e. The van der Waals surface area contributed by atoms with Crippen LogP contribution in [0, 0.1) is 0 Å². The zero-order chi connectivity index (χ0) is 15.2. The van der Waals surface area contributed by atoms with Gasteiger partial charge in [0.05, 0.1) is 12.2 Å². The van der Waals surface area contributed by atoms with E-state index in [-0.39, 0.29) is 17.9 Å². The number of halogens is 3. The maximum Gasteiger partial charge on any atom is 0.433 e. The predicted molar refractivity (Wildman–Crippen MR) is 66.7 cm³/mol. The van der Waals surface area contributed by atoms with Crippen molar-refractivity contribution in [2.24, 2.45) is 7.05 Å². The molecule has 2 aromatic heterocycles. The van der Waals surface area contributed by atoms with Crippen molar-refractivity contribution in [1.82, 2.24) is 24.1 Å². The minimum atomic E-state index is -4.46. The van der Waals surface area contributed by atoms with Gasteiger partial charge in [-0.25, -0.2) is 9.48 Å². The zero-order valence-corrected chi connectivity index (χ0v) is 11.4. The maximum atomic E-state index is 12.7. The molecule has 0 bridgehead atoms. The topological polar surface area (TPSA) is 57.6 Å². The molecule has 0 fully saturated rings. The van der Waals surface area contributed by atoms with Crippen molar-refractivity contribution in [3.8, 4) is 0 Å². The molecule has 0 saturated heterocycles. The molecule has 0 spiro atoms. The van der Waals surface area contributed by atoms with Crippen LogP contribution < -0.4 is 5.69 Å². The Morgan fingerprint density at radius 3 is 2.67 bits per heavy atom. The summed E-state index contributed by atoms with van der Waals surface area (Å²) >= 11 is 0. The Morgan fingerprint density at radius 1 is 1.29 bits per heavy atom. The number of rotatable bonds is 2. The van der Waals surface area contributed by atoms with Crippen LogP contribution in [0.2, 0.25) is 0 Å². The lowest BCUT2D eigenvalue weighted by Crippen LogP contribution is -2.27. The van der Waals surface area contributed by atoms with Crippen molar-refractivity contribution >= 4 is 0 Å². The quantitative estimate of drug-likeness (QED) is 0.837. The van der Waals surface area contributed by atoms with Gasteiger partial charge in [0.25, 0.3) is 0 Å². The van der Waals surface area contributed by atoms with Gasteiger partial charge in [-0.1, -0.05) is 0 Å². The summed E-state index contributed by atoms with van der Waals surface area (Å²) in [5.41, 5.74) is -0.958. The Hall–Kier alpha value is -2.06. The SMILES string of the molecule is Cn1nc(Cn2nc3n(c2=O)CCCC3)cc1C(F)(F)F. The molecular formula is C12H14F3N5O. The number of aromatic nitrogens is 5. The number of nitrogens with zero attached hydrogens (tertiary/aromatic N) is 5. The molecule has 0 amide bonds. The molecule has 0 radical (unpaired) electrons. The summed E-state index contributed by atoms with van der Waals surface area (Å²) in [5, 5.41) is 7.99. The van der Waals surface area contributed by atoms with E-state index in [9.17, 15) is 18.0 Å². The highest BCUT2D eigenvalue weighted by atomic mass is 19.4. The third kappa shape index (κ3) is 2.47. The van der Waals surface area contributed by atoms with Crippen LogP contribution in [0.15, 0.2) is 10.9 Å². The first-order chi connectivity index (χ1) is 9.86. The summed E-state index contributed by atoms with van der Waals surface area (Å²) in [6.45, 7) is 0.562. The van der Waals surface area contributed by atoms with E-state index in [1.54, 1.807) is 4.57 Å². The number of hydrogen-bond acceptors (Lipinski definition) is 3. The maximum absolute atomic E-state index is 12.7. The van der Waals surface area contributed by atoms with E-state index in [0.717, 1.165) is 30.0 Å². The molecule has 21 heavy (non-hydrogen) atoms. The van der Waals surface area contributed by atoms with Gasteiger partial charge >= 0.3 is 11.9 Å². The third-order valence-electron chi connectivity index (χ3n) is 3.56. The molecule has 0 N–H and O–H groups in total. The van der Waals surface area contributed by atoms with Gasteiger partial charge in [0, 0.05) is 20.0 Å². The normalized spacial score (nSPS) is 15.2. The fourth-order valence-electron chi connectivity index (χ4n) is 2.57. The van der Waals surface area contributed by atoms with E-state index in [2.05, 4.69) is 10.2 Å². The highest BCUT2D eigenvalue weighted by Gasteiger charge is 2.35. The van der Waals surface area contributed by atoms with E-state index in [1.165, 1.54) is 11.7 Å². The summed E-state index contributed by atoms with van der Waals surface area (Å²) in [6, 6.07) is 0.949. The fourth-order valence-corrected chi connectivity index (χ4v) is 2.57. The highest BCUT2D eigenvalue weighted by Crippen LogP contribution is 2.29. The van der Waals surface area contributed by atoms with Crippen LogP contribution in [-0.4, -0.2) is 24.1 Å². The Labute approximate surface area is 117 Å². The first-order valence-corrected chi connectivity index (χ1v) is 6.63. The van der Waals surface area contributed by atoms with Crippen LogP contribution in [-0.2, 0) is 32.7 Å². The number of hydrogen-bond donors (Lipinski definition) is 0. The van der Waals surface area contributed by atoms with Crippen molar-refractivity contribution in [2.45, 2.75) is 38.5 Å². The van der Waals surface area contributed by atoms with Crippen molar-refractivity contribution in [3.63, 3.8) is 0 Å². The van der Waals surface area contributed by atoms with Crippen LogP contribution in [0.5, 0.6) is 0 Å². The fraction of sp³-hybridized carbons (Fsp3) is 0.583. The minimum absolute atomic E-state index is 0.0528. The van der Waals surface area contributed by atoms with E-state index in [0.29, 0.717) is 12.4 Å². The number of aryl methyl sites for hydroxylation is 2. The number of fused-ring (bicyclic) bond motifs is 1. The Morgan fingerprint density at radius 2 is 2.05 bits per heavy atom. The second kappa shape index (κ2) is 4.74. The summed E-state index contributed by atoms with van der Waals surface area (Å²) in [5.74, 6) is 0.693. The van der Waals surface area contributed by atoms with Crippen LogP contribution in [0.25, 0.3) is 0 Å². The van der Waals surface area contributed by atoms with Crippen LogP contribution in [0.3, 0.4) is 0 Å². The average molecular weight is 301 g/mol. The second-order valence-corrected chi connectivity index (χ2v) is 5.11. The first kappa shape index (κ1) is 13.9. The lowest BCUT2D eigenvalue weighted by Gasteiger charge is -2.09. The van der Waals surface area contributed by atoms with Crippen molar-refractivity contribution < 1.29 is 13.2 Å². The van der Waals surface area contributed by atoms with E-state index >= 15 is 0 Å². The van der Waals surface area contributed by atoms with Gasteiger partial charge < -0.3 is 0 Å². The van der Waals surface area contributed by atoms with E-state index < -0.39 is 11.9 Å². The molecule has 1 aliphatic heterocycles. The minimum Gasteiger partial charge on any atom is -0.279 e. The van der Waals surface area contributed by atoms with Gasteiger partial charge in [-0.05, 0) is 18.9 Å². The average Bonchev–Trinajstić information content (AvgIpc) is 2.92. The Bertz CT molecular complexity index is 724. The van der Waals surface area contributed by atoms with Crippen LogP contribution in [0.1, 0.15) is 30.1 Å². The molecule has 2 aromatic rings. The molecule has 114 valence electrons. The van der Waals surface area contributed by atoms with Gasteiger partial charge in [0.1, 0.15) is 11.5 Å². The summed E-state index contributed by atoms with van der Waals surface area (Å²) in [6.07, 6.45) is -1.85. The molecule has 6 nitrogen and oxygen atoms in total. The molecule has 3 heterocycles. The Balaban J connectivity index is 1.91. The van der Waals surface area contributed by atoms with Gasteiger partial charge in [-0.15, -0.1) is 0 Å². The highest BCUT2D eigenvalue weighted by molar-refractivity contribution is 5.13. The lowest BCUT2D eigenvalue weighted by molar-refractivity contribution is -0.143. The first-order valence-electron chi connectivity index (χ1n) is 6.63. The largest absolute Gasteiger partial charge is 0.433 e. The molecule has 0 unspecified atom stereocenters. The van der Waals surface area contributed by atoms with Crippen molar-refractivity contribution in [2.75, 3.05) is 0 Å². The van der Waals surface area contributed by atoms with E-state index in [4.69, 9.17) is 0 Å². The van der Waals surface area contributed by atoms with Gasteiger partial charge in [-0.3, -0.25) is 9.25 Å². The van der Waals surface area contributed by atoms with Gasteiger partial charge in [0.2, 0.25) is 0 Å². The molecule has 0 atom stereocenters.